The maximum Gasteiger partial charge on any atom is 0.253 e. The van der Waals surface area contributed by atoms with Crippen molar-refractivity contribution in [1.82, 2.24) is 25.2 Å². The fourth-order valence-electron chi connectivity index (χ4n) is 3.71. The minimum Gasteiger partial charge on any atom is -0.381 e. The Morgan fingerprint density at radius 2 is 2.08 bits per heavy atom. The summed E-state index contributed by atoms with van der Waals surface area (Å²) in [5, 5.41) is 6.50. The summed E-state index contributed by atoms with van der Waals surface area (Å²) in [4.78, 5) is 21.6. The first-order chi connectivity index (χ1) is 12.3. The summed E-state index contributed by atoms with van der Waals surface area (Å²) >= 11 is 0. The van der Waals surface area contributed by atoms with E-state index in [1.165, 1.54) is 0 Å². The van der Waals surface area contributed by atoms with Gasteiger partial charge in [-0.2, -0.15) is 0 Å². The molecule has 1 unspecified atom stereocenters. The average molecular weight is 343 g/mol. The van der Waals surface area contributed by atoms with Gasteiger partial charge >= 0.3 is 0 Å². The zero-order valence-electron chi connectivity index (χ0n) is 14.4. The van der Waals surface area contributed by atoms with Gasteiger partial charge in [-0.3, -0.25) is 4.79 Å². The van der Waals surface area contributed by atoms with Gasteiger partial charge in [-0.15, -0.1) is 0 Å². The molecule has 2 aromatic heterocycles. The molecule has 134 valence electrons. The van der Waals surface area contributed by atoms with Crippen molar-refractivity contribution in [3.05, 3.63) is 24.2 Å². The number of amides is 1. The molecule has 0 radical (unpaired) electrons. The van der Waals surface area contributed by atoms with Crippen LogP contribution in [-0.2, 0) is 4.74 Å². The summed E-state index contributed by atoms with van der Waals surface area (Å²) in [6, 6.07) is 2.46. The second-order valence-corrected chi connectivity index (χ2v) is 6.91. The summed E-state index contributed by atoms with van der Waals surface area (Å²) in [7, 11) is 0. The molecule has 7 nitrogen and oxygen atoms in total. The van der Waals surface area contributed by atoms with Gasteiger partial charge < -0.3 is 19.9 Å². The third-order valence-electron chi connectivity index (χ3n) is 5.17. The minimum absolute atomic E-state index is 0.0538. The van der Waals surface area contributed by atoms with Crippen LogP contribution in [0.3, 0.4) is 0 Å². The summed E-state index contributed by atoms with van der Waals surface area (Å²) in [5.41, 5.74) is 2.21. The van der Waals surface area contributed by atoms with E-state index < -0.39 is 0 Å². The second kappa shape index (κ2) is 7.49. The van der Waals surface area contributed by atoms with Gasteiger partial charge in [0.15, 0.2) is 5.65 Å². The van der Waals surface area contributed by atoms with Crippen molar-refractivity contribution in [2.45, 2.75) is 44.2 Å². The molecule has 25 heavy (non-hydrogen) atoms. The van der Waals surface area contributed by atoms with Gasteiger partial charge in [-0.25, -0.2) is 9.97 Å². The highest BCUT2D eigenvalue weighted by Crippen LogP contribution is 2.24. The fourth-order valence-corrected chi connectivity index (χ4v) is 3.71. The van der Waals surface area contributed by atoms with Crippen molar-refractivity contribution in [2.75, 3.05) is 26.3 Å². The van der Waals surface area contributed by atoms with Crippen molar-refractivity contribution in [3.8, 4) is 0 Å². The third-order valence-corrected chi connectivity index (χ3v) is 5.17. The SMILES string of the molecule is O=C(NC1CCCNCC1)c1cnc2c(c1)ncn2C1CCOCC1. The van der Waals surface area contributed by atoms with Crippen molar-refractivity contribution in [3.63, 3.8) is 0 Å². The summed E-state index contributed by atoms with van der Waals surface area (Å²) < 4.78 is 7.55. The standard InChI is InChI=1S/C18H25N5O2/c24-18(22-14-2-1-6-19-7-3-14)13-10-16-17(20-11-13)23(12-21-16)15-4-8-25-9-5-15/h10-12,14-15,19H,1-9H2,(H,22,24). The smallest absolute Gasteiger partial charge is 0.253 e. The van der Waals surface area contributed by atoms with E-state index in [0.717, 1.165) is 69.6 Å². The number of nitrogens with one attached hydrogen (secondary N) is 2. The Kier molecular flexibility index (Phi) is 4.94. The molecule has 0 spiro atoms. The number of ether oxygens (including phenoxy) is 1. The van der Waals surface area contributed by atoms with Crippen molar-refractivity contribution in [1.29, 1.82) is 0 Å². The highest BCUT2D eigenvalue weighted by Gasteiger charge is 2.20. The molecule has 4 rings (SSSR count). The quantitative estimate of drug-likeness (QED) is 0.886. The zero-order chi connectivity index (χ0) is 17.1. The Morgan fingerprint density at radius 1 is 1.20 bits per heavy atom. The molecule has 2 aliphatic heterocycles. The van der Waals surface area contributed by atoms with Crippen LogP contribution < -0.4 is 10.6 Å². The minimum atomic E-state index is -0.0538. The second-order valence-electron chi connectivity index (χ2n) is 6.91. The molecule has 0 saturated carbocycles. The normalized spacial score (nSPS) is 22.6. The Hall–Kier alpha value is -1.99. The van der Waals surface area contributed by atoms with E-state index >= 15 is 0 Å². The molecule has 0 aliphatic carbocycles. The molecule has 1 atom stereocenters. The van der Waals surface area contributed by atoms with Crippen LogP contribution in [0.4, 0.5) is 0 Å². The number of nitrogens with zero attached hydrogens (tertiary/aromatic N) is 3. The molecule has 2 aromatic rings. The van der Waals surface area contributed by atoms with Crippen LogP contribution in [0.25, 0.3) is 11.2 Å². The van der Waals surface area contributed by atoms with Crippen LogP contribution in [0.15, 0.2) is 18.6 Å². The van der Waals surface area contributed by atoms with Gasteiger partial charge in [0.2, 0.25) is 0 Å². The number of carbonyl (C=O) groups is 1. The summed E-state index contributed by atoms with van der Waals surface area (Å²) in [5.74, 6) is -0.0538. The van der Waals surface area contributed by atoms with Gasteiger partial charge in [0.1, 0.15) is 5.52 Å². The van der Waals surface area contributed by atoms with E-state index in [1.54, 1.807) is 6.20 Å². The molecule has 7 heteroatoms. The Labute approximate surface area is 147 Å². The lowest BCUT2D eigenvalue weighted by Gasteiger charge is -2.23. The molecular weight excluding hydrogens is 318 g/mol. The van der Waals surface area contributed by atoms with E-state index in [2.05, 4.69) is 25.2 Å². The first-order valence-electron chi connectivity index (χ1n) is 9.23. The van der Waals surface area contributed by atoms with E-state index in [4.69, 9.17) is 4.74 Å². The van der Waals surface area contributed by atoms with Gasteiger partial charge in [-0.1, -0.05) is 0 Å². The zero-order valence-corrected chi connectivity index (χ0v) is 14.4. The van der Waals surface area contributed by atoms with Gasteiger partial charge in [0, 0.05) is 31.5 Å². The maximum atomic E-state index is 12.6. The molecular formula is C18H25N5O2. The number of rotatable bonds is 3. The van der Waals surface area contributed by atoms with Crippen molar-refractivity contribution in [2.24, 2.45) is 0 Å². The van der Waals surface area contributed by atoms with Crippen LogP contribution in [-0.4, -0.2) is 52.8 Å². The fraction of sp³-hybridized carbons (Fsp3) is 0.611. The molecule has 2 fully saturated rings. The lowest BCUT2D eigenvalue weighted by molar-refractivity contribution is 0.0704. The van der Waals surface area contributed by atoms with Crippen molar-refractivity contribution >= 4 is 17.1 Å². The lowest BCUT2D eigenvalue weighted by Crippen LogP contribution is -2.35. The number of pyridine rings is 1. The molecule has 4 heterocycles. The summed E-state index contributed by atoms with van der Waals surface area (Å²) in [6.07, 6.45) is 8.55. The van der Waals surface area contributed by atoms with Gasteiger partial charge in [0.05, 0.1) is 11.9 Å². The van der Waals surface area contributed by atoms with Gasteiger partial charge in [0.25, 0.3) is 5.91 Å². The highest BCUT2D eigenvalue weighted by molar-refractivity contribution is 5.96. The largest absolute Gasteiger partial charge is 0.381 e. The van der Waals surface area contributed by atoms with Crippen LogP contribution in [0, 0.1) is 0 Å². The number of carbonyl (C=O) groups excluding carboxylic acids is 1. The van der Waals surface area contributed by atoms with Crippen LogP contribution in [0.5, 0.6) is 0 Å². The first-order valence-corrected chi connectivity index (χ1v) is 9.23. The maximum absolute atomic E-state index is 12.6. The van der Waals surface area contributed by atoms with Crippen LogP contribution in [0.1, 0.15) is 48.5 Å². The summed E-state index contributed by atoms with van der Waals surface area (Å²) in [6.45, 7) is 3.55. The third kappa shape index (κ3) is 3.67. The topological polar surface area (TPSA) is 81.1 Å². The van der Waals surface area contributed by atoms with Crippen molar-refractivity contribution < 1.29 is 9.53 Å². The molecule has 2 aliphatic rings. The Morgan fingerprint density at radius 3 is 2.96 bits per heavy atom. The molecule has 2 N–H and O–H groups in total. The molecule has 0 aromatic carbocycles. The highest BCUT2D eigenvalue weighted by atomic mass is 16.5. The van der Waals surface area contributed by atoms with E-state index in [9.17, 15) is 4.79 Å². The first kappa shape index (κ1) is 16.5. The predicted octanol–water partition coefficient (Wildman–Crippen LogP) is 1.65. The van der Waals surface area contributed by atoms with E-state index in [-0.39, 0.29) is 11.9 Å². The molecule has 1 amide bonds. The Balaban J connectivity index is 1.50. The predicted molar refractivity (Wildman–Crippen MR) is 94.6 cm³/mol. The van der Waals surface area contributed by atoms with Crippen LogP contribution in [0.2, 0.25) is 0 Å². The average Bonchev–Trinajstić information content (AvgIpc) is 2.91. The number of imidazole rings is 1. The number of aromatic nitrogens is 3. The molecule has 2 saturated heterocycles. The molecule has 0 bridgehead atoms. The lowest BCUT2D eigenvalue weighted by atomic mass is 10.1. The van der Waals surface area contributed by atoms with E-state index in [0.29, 0.717) is 11.6 Å². The van der Waals surface area contributed by atoms with Gasteiger partial charge in [-0.05, 0) is 51.3 Å². The monoisotopic (exact) mass is 343 g/mol. The van der Waals surface area contributed by atoms with E-state index in [1.807, 2.05) is 12.4 Å². The Bertz CT molecular complexity index is 730. The van der Waals surface area contributed by atoms with Crippen LogP contribution >= 0.6 is 0 Å². The number of hydrogen-bond donors (Lipinski definition) is 2. The number of hydrogen-bond acceptors (Lipinski definition) is 5. The number of fused-ring (bicyclic) bond motifs is 1.